The summed E-state index contributed by atoms with van der Waals surface area (Å²) in [7, 11) is 0. The normalized spacial score (nSPS) is 27.0. The maximum absolute atomic E-state index is 12.5. The van der Waals surface area contributed by atoms with Gasteiger partial charge in [-0.2, -0.15) is 0 Å². The van der Waals surface area contributed by atoms with Gasteiger partial charge in [0.2, 0.25) is 0 Å². The number of carbonyl (C=O) groups excluding carboxylic acids is 1. The van der Waals surface area contributed by atoms with Gasteiger partial charge in [-0.25, -0.2) is 19.4 Å². The zero-order chi connectivity index (χ0) is 19.7. The van der Waals surface area contributed by atoms with E-state index < -0.39 is 18.1 Å². The summed E-state index contributed by atoms with van der Waals surface area (Å²) in [6.45, 7) is 1.74. The topological polar surface area (TPSA) is 115 Å². The summed E-state index contributed by atoms with van der Waals surface area (Å²) >= 11 is 2.97. The van der Waals surface area contributed by atoms with Crippen molar-refractivity contribution in [2.24, 2.45) is 16.6 Å². The molecule has 4 rings (SSSR count). The number of nitrogens with one attached hydrogen (secondary N) is 1. The molecule has 4 heterocycles. The average molecular weight is 423 g/mol. The van der Waals surface area contributed by atoms with Crippen LogP contribution in [0.5, 0.6) is 0 Å². The number of thioether (sulfide) groups is 1. The second-order valence-corrected chi connectivity index (χ2v) is 8.66. The highest BCUT2D eigenvalue weighted by atomic mass is 32.2. The first-order chi connectivity index (χ1) is 13.5. The highest BCUT2D eigenvalue weighted by Crippen LogP contribution is 2.46. The predicted molar refractivity (Wildman–Crippen MR) is 106 cm³/mol. The van der Waals surface area contributed by atoms with Crippen LogP contribution in [0.3, 0.4) is 0 Å². The molecule has 1 amide bonds. The number of aliphatic imine (C=N–C) groups is 1. The van der Waals surface area contributed by atoms with Crippen molar-refractivity contribution in [1.82, 2.24) is 15.0 Å². The first kappa shape index (κ1) is 19.2. The van der Waals surface area contributed by atoms with E-state index in [1.807, 2.05) is 0 Å². The first-order valence-electron chi connectivity index (χ1n) is 8.74. The van der Waals surface area contributed by atoms with E-state index in [0.717, 1.165) is 17.2 Å². The van der Waals surface area contributed by atoms with Crippen molar-refractivity contribution in [3.63, 3.8) is 0 Å². The molecule has 148 valence electrons. The fraction of sp³-hybridized carbons (Fsp3) is 0.471. The molecule has 2 aromatic heterocycles. The number of nitrogens with two attached hydrogens (primary N) is 1. The van der Waals surface area contributed by atoms with E-state index in [2.05, 4.69) is 27.2 Å². The number of alkyl halides is 1. The summed E-state index contributed by atoms with van der Waals surface area (Å²) in [5, 5.41) is 5.76. The zero-order valence-corrected chi connectivity index (χ0v) is 16.7. The molecular formula is C17H19FN6O2S2. The molecule has 0 radical (unpaired) electrons. The number of fused-ring (bicyclic) bond motifs is 1. The number of hydrogen-bond acceptors (Lipinski definition) is 9. The van der Waals surface area contributed by atoms with Crippen molar-refractivity contribution in [1.29, 1.82) is 0 Å². The molecule has 8 nitrogen and oxygen atoms in total. The van der Waals surface area contributed by atoms with Gasteiger partial charge in [-0.05, 0) is 13.3 Å². The van der Waals surface area contributed by atoms with E-state index in [1.165, 1.54) is 23.7 Å². The van der Waals surface area contributed by atoms with E-state index >= 15 is 0 Å². The van der Waals surface area contributed by atoms with Gasteiger partial charge in [0, 0.05) is 17.1 Å². The van der Waals surface area contributed by atoms with Gasteiger partial charge in [0.15, 0.2) is 5.17 Å². The number of aromatic nitrogens is 3. The Balaban J connectivity index is 1.56. The number of carbonyl (C=O) groups is 1. The Bertz CT molecular complexity index is 905. The summed E-state index contributed by atoms with van der Waals surface area (Å²) in [6, 6.07) is 0. The second-order valence-electron chi connectivity index (χ2n) is 6.76. The van der Waals surface area contributed by atoms with Gasteiger partial charge in [0.05, 0.1) is 30.8 Å². The molecule has 2 aromatic rings. The van der Waals surface area contributed by atoms with Crippen LogP contribution >= 0.6 is 23.1 Å². The lowest BCUT2D eigenvalue weighted by Gasteiger charge is -2.44. The molecule has 0 aromatic carbocycles. The van der Waals surface area contributed by atoms with Gasteiger partial charge in [0.25, 0.3) is 5.91 Å². The van der Waals surface area contributed by atoms with E-state index in [-0.39, 0.29) is 23.4 Å². The van der Waals surface area contributed by atoms with Gasteiger partial charge in [-0.1, -0.05) is 11.8 Å². The molecule has 0 saturated carbocycles. The van der Waals surface area contributed by atoms with Gasteiger partial charge >= 0.3 is 0 Å². The van der Waals surface area contributed by atoms with E-state index in [0.29, 0.717) is 17.6 Å². The number of nitrogens with zero attached hydrogens (tertiary/aromatic N) is 4. The van der Waals surface area contributed by atoms with E-state index in [9.17, 15) is 9.18 Å². The van der Waals surface area contributed by atoms with Crippen LogP contribution in [0.2, 0.25) is 0 Å². The van der Waals surface area contributed by atoms with Crippen LogP contribution in [0, 0.1) is 5.92 Å². The Morgan fingerprint density at radius 2 is 2.32 bits per heavy atom. The Morgan fingerprint density at radius 1 is 1.46 bits per heavy atom. The molecule has 3 atom stereocenters. The number of halogens is 1. The minimum absolute atomic E-state index is 0.0916. The maximum Gasteiger partial charge on any atom is 0.277 e. The minimum Gasteiger partial charge on any atom is -0.379 e. The van der Waals surface area contributed by atoms with Crippen LogP contribution in [-0.4, -0.2) is 44.5 Å². The summed E-state index contributed by atoms with van der Waals surface area (Å²) < 4.78 is 18.4. The van der Waals surface area contributed by atoms with Crippen molar-refractivity contribution in [3.05, 3.63) is 34.2 Å². The van der Waals surface area contributed by atoms with Crippen LogP contribution in [-0.2, 0) is 17.0 Å². The quantitative estimate of drug-likeness (QED) is 0.777. The predicted octanol–water partition coefficient (Wildman–Crippen LogP) is 2.34. The largest absolute Gasteiger partial charge is 0.379 e. The van der Waals surface area contributed by atoms with Crippen LogP contribution in [0.4, 0.5) is 10.2 Å². The third kappa shape index (κ3) is 3.61. The third-order valence-corrected chi connectivity index (χ3v) is 6.78. The average Bonchev–Trinajstić information content (AvgIpc) is 3.17. The van der Waals surface area contributed by atoms with Crippen LogP contribution < -0.4 is 11.1 Å². The summed E-state index contributed by atoms with van der Waals surface area (Å²) in [5.74, 6) is 1.07. The number of anilines is 1. The summed E-state index contributed by atoms with van der Waals surface area (Å²) in [5.41, 5.74) is 5.66. The fourth-order valence-electron chi connectivity index (χ4n) is 3.33. The van der Waals surface area contributed by atoms with Crippen molar-refractivity contribution in [2.45, 2.75) is 31.7 Å². The molecule has 0 spiro atoms. The molecule has 0 bridgehead atoms. The fourth-order valence-corrected chi connectivity index (χ4v) is 5.30. The molecule has 28 heavy (non-hydrogen) atoms. The molecule has 3 unspecified atom stereocenters. The van der Waals surface area contributed by atoms with Gasteiger partial charge in [-0.15, -0.1) is 11.3 Å². The molecule has 0 aliphatic carbocycles. The van der Waals surface area contributed by atoms with Gasteiger partial charge in [-0.3, -0.25) is 9.78 Å². The van der Waals surface area contributed by atoms with Crippen molar-refractivity contribution >= 4 is 40.0 Å². The summed E-state index contributed by atoms with van der Waals surface area (Å²) in [4.78, 5) is 29.4. The van der Waals surface area contributed by atoms with Crippen LogP contribution in [0.15, 0.2) is 22.8 Å². The van der Waals surface area contributed by atoms with Crippen molar-refractivity contribution in [2.75, 3.05) is 17.7 Å². The maximum atomic E-state index is 12.5. The van der Waals surface area contributed by atoms with Gasteiger partial charge < -0.3 is 15.8 Å². The minimum atomic E-state index is -0.726. The van der Waals surface area contributed by atoms with E-state index in [1.54, 1.807) is 17.1 Å². The van der Waals surface area contributed by atoms with Crippen molar-refractivity contribution < 1.29 is 13.9 Å². The lowest BCUT2D eigenvalue weighted by molar-refractivity contribution is -0.0466. The molecule has 1 saturated heterocycles. The number of amides is 1. The molecule has 1 fully saturated rings. The Kier molecular flexibility index (Phi) is 5.30. The Labute approximate surface area is 169 Å². The molecule has 11 heteroatoms. The Morgan fingerprint density at radius 3 is 3.07 bits per heavy atom. The van der Waals surface area contributed by atoms with Crippen LogP contribution in [0.25, 0.3) is 0 Å². The molecule has 3 N–H and O–H groups in total. The number of rotatable bonds is 4. The standard InChI is InChI=1S/C17H19FN6O2S2/c1-9-2-10-6-28-16(19)24-17(10,8-26-9)15-23-13(7-27-15)22-14(25)12-5-20-11(3-18)4-21-12/h4-5,7,9-10H,2-3,6,8H2,1H3,(H2,19,24)(H,22,25). The smallest absolute Gasteiger partial charge is 0.277 e. The number of ether oxygens (including phenoxy) is 1. The van der Waals surface area contributed by atoms with Crippen molar-refractivity contribution in [3.8, 4) is 0 Å². The highest BCUT2D eigenvalue weighted by Gasteiger charge is 2.49. The lowest BCUT2D eigenvalue weighted by Crippen LogP contribution is -2.49. The highest BCUT2D eigenvalue weighted by molar-refractivity contribution is 8.13. The Hall–Kier alpha value is -2.11. The van der Waals surface area contributed by atoms with Gasteiger partial charge in [0.1, 0.15) is 28.7 Å². The third-order valence-electron chi connectivity index (χ3n) is 4.81. The lowest BCUT2D eigenvalue weighted by atomic mass is 9.80. The SMILES string of the molecule is CC1CC2CSC(N)=NC2(c2nc(NC(=O)c3cnc(CF)cn3)cs2)CO1. The zero-order valence-electron chi connectivity index (χ0n) is 15.1. The first-order valence-corrected chi connectivity index (χ1v) is 10.6. The number of amidine groups is 1. The monoisotopic (exact) mass is 422 g/mol. The molecular weight excluding hydrogens is 403 g/mol. The second kappa shape index (κ2) is 7.72. The van der Waals surface area contributed by atoms with Crippen LogP contribution in [0.1, 0.15) is 34.5 Å². The number of hydrogen-bond donors (Lipinski definition) is 2. The summed E-state index contributed by atoms with van der Waals surface area (Å²) in [6.07, 6.45) is 3.52. The molecule has 2 aliphatic heterocycles. The number of thiazole rings is 1. The van der Waals surface area contributed by atoms with E-state index in [4.69, 9.17) is 15.5 Å². The molecule has 2 aliphatic rings.